The summed E-state index contributed by atoms with van der Waals surface area (Å²) in [6.07, 6.45) is 0. The van der Waals surface area contributed by atoms with E-state index in [9.17, 15) is 17.6 Å². The van der Waals surface area contributed by atoms with Gasteiger partial charge in [0.15, 0.2) is 0 Å². The van der Waals surface area contributed by atoms with Gasteiger partial charge in [0.2, 0.25) is 5.91 Å². The van der Waals surface area contributed by atoms with Crippen LogP contribution in [0, 0.1) is 12.7 Å². The van der Waals surface area contributed by atoms with Crippen LogP contribution >= 0.6 is 0 Å². The lowest BCUT2D eigenvalue weighted by atomic mass is 10.1. The fourth-order valence-electron chi connectivity index (χ4n) is 2.35. The molecule has 0 aliphatic carbocycles. The van der Waals surface area contributed by atoms with Crippen LogP contribution in [0.5, 0.6) is 0 Å². The predicted octanol–water partition coefficient (Wildman–Crippen LogP) is 3.24. The Morgan fingerprint density at radius 2 is 1.58 bits per heavy atom. The summed E-state index contributed by atoms with van der Waals surface area (Å²) in [5, 5.41) is 2.74. The Labute approximate surface area is 153 Å². The lowest BCUT2D eigenvalue weighted by molar-refractivity contribution is -0.121. The van der Waals surface area contributed by atoms with Crippen molar-refractivity contribution in [1.29, 1.82) is 0 Å². The standard InChI is InChI=1S/C19H23FN2O3S/c1-14-5-11-17(12-6-14)26(24,25)22(13-18(23)21-19(2,3)4)16-9-7-15(20)8-10-16/h5-12H,13H2,1-4H3,(H,21,23). The molecule has 5 nitrogen and oxygen atoms in total. The van der Waals surface area contributed by atoms with E-state index < -0.39 is 33.8 Å². The molecule has 0 saturated carbocycles. The molecule has 0 spiro atoms. The Balaban J connectivity index is 2.44. The largest absolute Gasteiger partial charge is 0.350 e. The van der Waals surface area contributed by atoms with Crippen molar-refractivity contribution in [3.8, 4) is 0 Å². The topological polar surface area (TPSA) is 66.5 Å². The third-order valence-corrected chi connectivity index (χ3v) is 5.31. The minimum Gasteiger partial charge on any atom is -0.350 e. The van der Waals surface area contributed by atoms with Crippen LogP contribution in [-0.2, 0) is 14.8 Å². The molecular weight excluding hydrogens is 355 g/mol. The summed E-state index contributed by atoms with van der Waals surface area (Å²) in [5.74, 6) is -0.932. The van der Waals surface area contributed by atoms with Crippen LogP contribution in [0.25, 0.3) is 0 Å². The van der Waals surface area contributed by atoms with Gasteiger partial charge in [-0.25, -0.2) is 12.8 Å². The summed E-state index contributed by atoms with van der Waals surface area (Å²) in [4.78, 5) is 12.4. The molecule has 0 fully saturated rings. The average Bonchev–Trinajstić information content (AvgIpc) is 2.52. The summed E-state index contributed by atoms with van der Waals surface area (Å²) >= 11 is 0. The van der Waals surface area contributed by atoms with Gasteiger partial charge in [-0.05, 0) is 64.1 Å². The second-order valence-electron chi connectivity index (χ2n) is 7.10. The molecule has 0 bridgehead atoms. The highest BCUT2D eigenvalue weighted by molar-refractivity contribution is 7.92. The van der Waals surface area contributed by atoms with E-state index in [0.717, 1.165) is 22.0 Å². The molecular formula is C19H23FN2O3S. The van der Waals surface area contributed by atoms with Crippen LogP contribution in [0.2, 0.25) is 0 Å². The minimum absolute atomic E-state index is 0.0657. The third-order valence-electron chi connectivity index (χ3n) is 3.53. The lowest BCUT2D eigenvalue weighted by Gasteiger charge is -2.27. The molecule has 1 N–H and O–H groups in total. The van der Waals surface area contributed by atoms with Crippen LogP contribution in [-0.4, -0.2) is 26.4 Å². The Kier molecular flexibility index (Phi) is 5.71. The van der Waals surface area contributed by atoms with Gasteiger partial charge in [-0.15, -0.1) is 0 Å². The van der Waals surface area contributed by atoms with Crippen LogP contribution < -0.4 is 9.62 Å². The highest BCUT2D eigenvalue weighted by Crippen LogP contribution is 2.24. The van der Waals surface area contributed by atoms with Gasteiger partial charge in [-0.3, -0.25) is 9.10 Å². The van der Waals surface area contributed by atoms with Gasteiger partial charge in [-0.2, -0.15) is 0 Å². The van der Waals surface area contributed by atoms with E-state index in [4.69, 9.17) is 0 Å². The van der Waals surface area contributed by atoms with Gasteiger partial charge < -0.3 is 5.32 Å². The van der Waals surface area contributed by atoms with E-state index in [-0.39, 0.29) is 10.6 Å². The first kappa shape index (κ1) is 19.9. The summed E-state index contributed by atoms with van der Waals surface area (Å²) in [5.41, 5.74) is 0.637. The Bertz CT molecular complexity index is 870. The fourth-order valence-corrected chi connectivity index (χ4v) is 3.77. The van der Waals surface area contributed by atoms with Crippen molar-refractivity contribution in [3.05, 3.63) is 59.9 Å². The number of carbonyl (C=O) groups excluding carboxylic acids is 1. The molecule has 1 amide bonds. The van der Waals surface area contributed by atoms with Crippen molar-refractivity contribution < 1.29 is 17.6 Å². The van der Waals surface area contributed by atoms with E-state index in [0.29, 0.717) is 0 Å². The van der Waals surface area contributed by atoms with Crippen molar-refractivity contribution in [2.75, 3.05) is 10.8 Å². The van der Waals surface area contributed by atoms with Crippen LogP contribution in [0.3, 0.4) is 0 Å². The van der Waals surface area contributed by atoms with E-state index in [2.05, 4.69) is 5.32 Å². The molecule has 0 heterocycles. The Hall–Kier alpha value is -2.41. The highest BCUT2D eigenvalue weighted by Gasteiger charge is 2.28. The monoisotopic (exact) mass is 378 g/mol. The van der Waals surface area contributed by atoms with Crippen molar-refractivity contribution in [2.24, 2.45) is 0 Å². The number of amides is 1. The number of halogens is 1. The minimum atomic E-state index is -3.98. The van der Waals surface area contributed by atoms with E-state index in [1.165, 1.54) is 24.3 Å². The van der Waals surface area contributed by atoms with Gasteiger partial charge in [0.1, 0.15) is 12.4 Å². The molecule has 7 heteroatoms. The summed E-state index contributed by atoms with van der Waals surface area (Å²) in [7, 11) is -3.98. The van der Waals surface area contributed by atoms with Gasteiger partial charge in [-0.1, -0.05) is 17.7 Å². The number of nitrogens with one attached hydrogen (secondary N) is 1. The van der Waals surface area contributed by atoms with Gasteiger partial charge >= 0.3 is 0 Å². The zero-order chi connectivity index (χ0) is 19.5. The third kappa shape index (κ3) is 5.05. The first-order chi connectivity index (χ1) is 12.0. The second kappa shape index (κ2) is 7.45. The molecule has 0 atom stereocenters. The molecule has 0 aliphatic rings. The Morgan fingerprint density at radius 1 is 1.04 bits per heavy atom. The molecule has 0 aromatic heterocycles. The summed E-state index contributed by atoms with van der Waals surface area (Å²) < 4.78 is 40.4. The first-order valence-corrected chi connectivity index (χ1v) is 9.59. The molecule has 2 rings (SSSR count). The quantitative estimate of drug-likeness (QED) is 0.869. The molecule has 140 valence electrons. The number of carbonyl (C=O) groups is 1. The average molecular weight is 378 g/mol. The molecule has 0 aliphatic heterocycles. The van der Waals surface area contributed by atoms with E-state index in [1.807, 2.05) is 27.7 Å². The molecule has 2 aromatic carbocycles. The molecule has 0 saturated heterocycles. The maximum absolute atomic E-state index is 13.3. The van der Waals surface area contributed by atoms with Crippen LogP contribution in [0.15, 0.2) is 53.4 Å². The van der Waals surface area contributed by atoms with E-state index >= 15 is 0 Å². The second-order valence-corrected chi connectivity index (χ2v) is 8.96. The summed E-state index contributed by atoms with van der Waals surface area (Å²) in [6, 6.07) is 11.3. The zero-order valence-electron chi connectivity index (χ0n) is 15.3. The number of hydrogen-bond donors (Lipinski definition) is 1. The highest BCUT2D eigenvalue weighted by atomic mass is 32.2. The number of sulfonamides is 1. The normalized spacial score (nSPS) is 11.9. The van der Waals surface area contributed by atoms with Gasteiger partial charge in [0, 0.05) is 5.54 Å². The van der Waals surface area contributed by atoms with Crippen molar-refractivity contribution >= 4 is 21.6 Å². The smallest absolute Gasteiger partial charge is 0.264 e. The van der Waals surface area contributed by atoms with Crippen LogP contribution in [0.1, 0.15) is 26.3 Å². The number of hydrogen-bond acceptors (Lipinski definition) is 3. The van der Waals surface area contributed by atoms with Crippen molar-refractivity contribution in [3.63, 3.8) is 0 Å². The van der Waals surface area contributed by atoms with E-state index in [1.54, 1.807) is 12.1 Å². The summed E-state index contributed by atoms with van der Waals surface area (Å²) in [6.45, 7) is 6.87. The number of nitrogens with zero attached hydrogens (tertiary/aromatic N) is 1. The van der Waals surface area contributed by atoms with Crippen molar-refractivity contribution in [1.82, 2.24) is 5.32 Å². The first-order valence-electron chi connectivity index (χ1n) is 8.15. The number of rotatable bonds is 5. The number of aryl methyl sites for hydroxylation is 1. The number of benzene rings is 2. The van der Waals surface area contributed by atoms with Crippen LogP contribution in [0.4, 0.5) is 10.1 Å². The van der Waals surface area contributed by atoms with Gasteiger partial charge in [0.05, 0.1) is 10.6 Å². The molecule has 26 heavy (non-hydrogen) atoms. The molecule has 0 unspecified atom stereocenters. The SMILES string of the molecule is Cc1ccc(S(=O)(=O)N(CC(=O)NC(C)(C)C)c2ccc(F)cc2)cc1. The lowest BCUT2D eigenvalue weighted by Crippen LogP contribution is -2.47. The molecule has 0 radical (unpaired) electrons. The number of anilines is 1. The fraction of sp³-hybridized carbons (Fsp3) is 0.316. The van der Waals surface area contributed by atoms with Gasteiger partial charge in [0.25, 0.3) is 10.0 Å². The maximum Gasteiger partial charge on any atom is 0.264 e. The maximum atomic E-state index is 13.3. The molecule has 2 aromatic rings. The predicted molar refractivity (Wildman–Crippen MR) is 100 cm³/mol. The Morgan fingerprint density at radius 3 is 2.08 bits per heavy atom. The van der Waals surface area contributed by atoms with Crippen molar-refractivity contribution in [2.45, 2.75) is 38.1 Å². The zero-order valence-corrected chi connectivity index (χ0v) is 16.1.